The van der Waals surface area contributed by atoms with Gasteiger partial charge in [0.05, 0.1) is 29.9 Å². The highest BCUT2D eigenvalue weighted by Gasteiger charge is 2.32. The highest BCUT2D eigenvalue weighted by molar-refractivity contribution is 8.26. The van der Waals surface area contributed by atoms with Gasteiger partial charge in [0.15, 0.2) is 6.61 Å². The van der Waals surface area contributed by atoms with Crippen LogP contribution in [0.3, 0.4) is 0 Å². The normalized spacial score (nSPS) is 14.4. The van der Waals surface area contributed by atoms with Gasteiger partial charge in [0, 0.05) is 4.88 Å². The number of thiophene rings is 1. The highest BCUT2D eigenvalue weighted by Crippen LogP contribution is 2.34. The van der Waals surface area contributed by atoms with E-state index in [1.54, 1.807) is 55.7 Å². The molecule has 8 nitrogen and oxygen atoms in total. The first kappa shape index (κ1) is 26.6. The molecule has 0 bridgehead atoms. The van der Waals surface area contributed by atoms with Crippen LogP contribution >= 0.6 is 35.3 Å². The van der Waals surface area contributed by atoms with Crippen LogP contribution in [-0.4, -0.2) is 40.2 Å². The van der Waals surface area contributed by atoms with E-state index in [0.29, 0.717) is 31.3 Å². The molecule has 0 radical (unpaired) electrons. The summed E-state index contributed by atoms with van der Waals surface area (Å²) in [5.41, 5.74) is 1.95. The number of carbonyl (C=O) groups is 3. The number of thioether (sulfide) groups is 1. The van der Waals surface area contributed by atoms with Crippen LogP contribution in [0, 0.1) is 13.8 Å². The van der Waals surface area contributed by atoms with Gasteiger partial charge in [0.2, 0.25) is 0 Å². The number of anilines is 1. The Hall–Kier alpha value is -3.41. The lowest BCUT2D eigenvalue weighted by Crippen LogP contribution is -2.27. The lowest BCUT2D eigenvalue weighted by molar-refractivity contribution is -0.122. The third-order valence-electron chi connectivity index (χ3n) is 5.43. The van der Waals surface area contributed by atoms with Crippen molar-refractivity contribution in [1.29, 1.82) is 0 Å². The lowest BCUT2D eigenvalue weighted by atomic mass is 10.1. The maximum absolute atomic E-state index is 12.8. The first-order valence-corrected chi connectivity index (χ1v) is 13.4. The summed E-state index contributed by atoms with van der Waals surface area (Å²) in [7, 11) is 0. The van der Waals surface area contributed by atoms with Gasteiger partial charge in [-0.15, -0.1) is 11.3 Å². The number of furan rings is 1. The van der Waals surface area contributed by atoms with Crippen LogP contribution in [-0.2, 0) is 20.9 Å². The minimum Gasteiger partial charge on any atom is -0.484 e. The van der Waals surface area contributed by atoms with Crippen molar-refractivity contribution in [3.63, 3.8) is 0 Å². The zero-order valence-electron chi connectivity index (χ0n) is 20.4. The summed E-state index contributed by atoms with van der Waals surface area (Å²) in [5, 5.41) is 3.20. The Balaban J connectivity index is 1.34. The molecule has 37 heavy (non-hydrogen) atoms. The molecule has 2 amide bonds. The van der Waals surface area contributed by atoms with E-state index in [2.05, 4.69) is 5.32 Å². The zero-order chi connectivity index (χ0) is 26.5. The third kappa shape index (κ3) is 6.30. The van der Waals surface area contributed by atoms with Gasteiger partial charge in [-0.1, -0.05) is 36.1 Å². The first-order chi connectivity index (χ1) is 17.8. The van der Waals surface area contributed by atoms with Crippen LogP contribution < -0.4 is 10.1 Å². The minimum absolute atomic E-state index is 0.176. The Morgan fingerprint density at radius 1 is 1.19 bits per heavy atom. The van der Waals surface area contributed by atoms with Crippen molar-refractivity contribution < 1.29 is 28.3 Å². The molecule has 11 heteroatoms. The number of thiocarbonyl (C=S) groups is 1. The van der Waals surface area contributed by atoms with Gasteiger partial charge < -0.3 is 19.2 Å². The fourth-order valence-corrected chi connectivity index (χ4v) is 5.80. The van der Waals surface area contributed by atoms with Crippen LogP contribution in [0.4, 0.5) is 5.00 Å². The van der Waals surface area contributed by atoms with Gasteiger partial charge in [0.25, 0.3) is 11.8 Å². The minimum atomic E-state index is -0.464. The summed E-state index contributed by atoms with van der Waals surface area (Å²) in [6.07, 6.45) is 3.32. The van der Waals surface area contributed by atoms with Gasteiger partial charge in [0.1, 0.15) is 20.8 Å². The van der Waals surface area contributed by atoms with E-state index >= 15 is 0 Å². The number of rotatable bonds is 9. The molecule has 1 aliphatic rings. The molecule has 0 atom stereocenters. The predicted octanol–water partition coefficient (Wildman–Crippen LogP) is 5.55. The smallest absolute Gasteiger partial charge is 0.341 e. The molecule has 0 spiro atoms. The fourth-order valence-electron chi connectivity index (χ4n) is 3.48. The second kappa shape index (κ2) is 11.8. The highest BCUT2D eigenvalue weighted by atomic mass is 32.2. The number of hydrogen-bond acceptors (Lipinski definition) is 9. The summed E-state index contributed by atoms with van der Waals surface area (Å²) in [6.45, 7) is 5.74. The van der Waals surface area contributed by atoms with Crippen LogP contribution in [0.25, 0.3) is 6.08 Å². The number of nitrogens with zero attached hydrogens (tertiary/aromatic N) is 1. The van der Waals surface area contributed by atoms with E-state index in [9.17, 15) is 14.4 Å². The largest absolute Gasteiger partial charge is 0.484 e. The van der Waals surface area contributed by atoms with Crippen LogP contribution in [0.2, 0.25) is 0 Å². The van der Waals surface area contributed by atoms with Crippen molar-refractivity contribution >= 4 is 68.5 Å². The van der Waals surface area contributed by atoms with Gasteiger partial charge in [-0.2, -0.15) is 0 Å². The molecule has 4 rings (SSSR count). The average molecular weight is 557 g/mol. The number of benzene rings is 1. The predicted molar refractivity (Wildman–Crippen MR) is 148 cm³/mol. The van der Waals surface area contributed by atoms with Crippen molar-refractivity contribution in [2.24, 2.45) is 0 Å². The molecule has 3 heterocycles. The standard InChI is InChI=1S/C26H24N2O6S3/c1-4-32-25(31)22-15(2)16(3)36-23(22)27-21(29)14-34-18-9-7-17(8-10-18)12-20-24(30)28(26(35)37-20)13-19-6-5-11-33-19/h5-12H,4,13-14H2,1-3H3,(H,27,29)/b20-12-. The second-order valence-electron chi connectivity index (χ2n) is 7.96. The van der Waals surface area contributed by atoms with Crippen LogP contribution in [0.5, 0.6) is 5.75 Å². The molecule has 0 unspecified atom stereocenters. The monoisotopic (exact) mass is 556 g/mol. The zero-order valence-corrected chi connectivity index (χ0v) is 22.8. The molecule has 192 valence electrons. The van der Waals surface area contributed by atoms with E-state index in [1.807, 2.05) is 13.8 Å². The number of amides is 2. The molecule has 1 saturated heterocycles. The summed E-state index contributed by atoms with van der Waals surface area (Å²) < 4.78 is 16.5. The maximum Gasteiger partial charge on any atom is 0.341 e. The number of carbonyl (C=O) groups excluding carboxylic acids is 3. The van der Waals surface area contributed by atoms with E-state index in [-0.39, 0.29) is 25.7 Å². The summed E-state index contributed by atoms with van der Waals surface area (Å²) >= 11 is 7.92. The molecule has 1 N–H and O–H groups in total. The molecule has 1 aliphatic heterocycles. The Morgan fingerprint density at radius 2 is 1.95 bits per heavy atom. The Morgan fingerprint density at radius 3 is 2.62 bits per heavy atom. The molecular formula is C26H24N2O6S3. The van der Waals surface area contributed by atoms with Gasteiger partial charge in [-0.05, 0) is 62.2 Å². The first-order valence-electron chi connectivity index (χ1n) is 11.3. The number of hydrogen-bond donors (Lipinski definition) is 1. The number of aryl methyl sites for hydroxylation is 1. The molecule has 0 aliphatic carbocycles. The third-order valence-corrected chi connectivity index (χ3v) is 7.93. The SMILES string of the molecule is CCOC(=O)c1c(NC(=O)COc2ccc(/C=C3\SC(=S)N(Cc4ccco4)C3=O)cc2)sc(C)c1C. The van der Waals surface area contributed by atoms with Crippen molar-refractivity contribution in [1.82, 2.24) is 4.90 Å². The van der Waals surface area contributed by atoms with Crippen LogP contribution in [0.15, 0.2) is 52.0 Å². The Labute approximate surface area is 227 Å². The average Bonchev–Trinajstić information content (AvgIpc) is 3.55. The van der Waals surface area contributed by atoms with Gasteiger partial charge >= 0.3 is 5.97 Å². The van der Waals surface area contributed by atoms with Crippen molar-refractivity contribution in [3.8, 4) is 5.75 Å². The summed E-state index contributed by atoms with van der Waals surface area (Å²) in [4.78, 5) is 40.5. The van der Waals surface area contributed by atoms with Crippen molar-refractivity contribution in [2.75, 3.05) is 18.5 Å². The lowest BCUT2D eigenvalue weighted by Gasteiger charge is -2.12. The molecule has 1 aromatic carbocycles. The quantitative estimate of drug-likeness (QED) is 0.208. The Kier molecular flexibility index (Phi) is 8.47. The van der Waals surface area contributed by atoms with Crippen molar-refractivity contribution in [2.45, 2.75) is 27.3 Å². The Bertz CT molecular complexity index is 1360. The molecular weight excluding hydrogens is 532 g/mol. The fraction of sp³-hybridized carbons (Fsp3) is 0.231. The second-order valence-corrected chi connectivity index (χ2v) is 10.9. The van der Waals surface area contributed by atoms with Gasteiger partial charge in [-0.3, -0.25) is 14.5 Å². The topological polar surface area (TPSA) is 98.1 Å². The maximum atomic E-state index is 12.8. The van der Waals surface area contributed by atoms with Crippen molar-refractivity contribution in [3.05, 3.63) is 74.9 Å². The molecule has 1 fully saturated rings. The number of nitrogens with one attached hydrogen (secondary N) is 1. The van der Waals surface area contributed by atoms with Gasteiger partial charge in [-0.25, -0.2) is 4.79 Å². The van der Waals surface area contributed by atoms with E-state index in [1.165, 1.54) is 28.0 Å². The molecule has 3 aromatic rings. The summed E-state index contributed by atoms with van der Waals surface area (Å²) in [5.74, 6) is 0.112. The molecule has 2 aromatic heterocycles. The number of ether oxygens (including phenoxy) is 2. The van der Waals surface area contributed by atoms with E-state index in [4.69, 9.17) is 26.1 Å². The summed E-state index contributed by atoms with van der Waals surface area (Å²) in [6, 6.07) is 10.6. The van der Waals surface area contributed by atoms with E-state index < -0.39 is 11.9 Å². The van der Waals surface area contributed by atoms with E-state index in [0.717, 1.165) is 16.0 Å². The molecule has 0 saturated carbocycles. The van der Waals surface area contributed by atoms with Crippen LogP contribution in [0.1, 0.15) is 39.0 Å². The number of esters is 1.